The van der Waals surface area contributed by atoms with Gasteiger partial charge in [0, 0.05) is 48.0 Å². The van der Waals surface area contributed by atoms with Gasteiger partial charge in [-0.05, 0) is 18.2 Å². The summed E-state index contributed by atoms with van der Waals surface area (Å²) in [6, 6.07) is 13.7. The highest BCUT2D eigenvalue weighted by Crippen LogP contribution is 2.29. The molecule has 0 unspecified atom stereocenters. The summed E-state index contributed by atoms with van der Waals surface area (Å²) in [4.78, 5) is 13.7. The smallest absolute Gasteiger partial charge is 0.335 e. The summed E-state index contributed by atoms with van der Waals surface area (Å²) < 4.78 is 7.65. The third-order valence-electron chi connectivity index (χ3n) is 4.76. The average Bonchev–Trinajstić information content (AvgIpc) is 2.94. The molecule has 2 heterocycles. The van der Waals surface area contributed by atoms with E-state index in [1.54, 1.807) is 12.1 Å². The fourth-order valence-corrected chi connectivity index (χ4v) is 3.49. The van der Waals surface area contributed by atoms with Crippen molar-refractivity contribution >= 4 is 27.8 Å². The van der Waals surface area contributed by atoms with Crippen LogP contribution in [-0.4, -0.2) is 53.4 Å². The number of carbonyl (C=O) groups is 1. The zero-order valence-electron chi connectivity index (χ0n) is 13.4. The molecule has 124 valence electrons. The molecule has 4 rings (SSSR count). The van der Waals surface area contributed by atoms with Crippen LogP contribution in [0.1, 0.15) is 10.4 Å². The number of rotatable bonds is 4. The minimum atomic E-state index is -0.887. The van der Waals surface area contributed by atoms with Crippen LogP contribution in [-0.2, 0) is 11.3 Å². The second kappa shape index (κ2) is 6.26. The normalized spacial score (nSPS) is 16.0. The Morgan fingerprint density at radius 1 is 1.00 bits per heavy atom. The van der Waals surface area contributed by atoms with Gasteiger partial charge in [0.2, 0.25) is 0 Å². The summed E-state index contributed by atoms with van der Waals surface area (Å²) in [7, 11) is 0. The van der Waals surface area contributed by atoms with E-state index in [9.17, 15) is 9.90 Å². The Labute approximate surface area is 140 Å². The third-order valence-corrected chi connectivity index (χ3v) is 4.76. The average molecular weight is 324 g/mol. The van der Waals surface area contributed by atoms with Crippen molar-refractivity contribution in [3.63, 3.8) is 0 Å². The highest BCUT2D eigenvalue weighted by Gasteiger charge is 2.15. The summed E-state index contributed by atoms with van der Waals surface area (Å²) in [6.45, 7) is 5.27. The van der Waals surface area contributed by atoms with Crippen LogP contribution in [0.15, 0.2) is 42.5 Å². The molecule has 1 aliphatic heterocycles. The van der Waals surface area contributed by atoms with Gasteiger partial charge in [-0.15, -0.1) is 0 Å². The predicted octanol–water partition coefficient (Wildman–Crippen LogP) is 2.82. The van der Waals surface area contributed by atoms with Crippen molar-refractivity contribution in [2.75, 3.05) is 32.8 Å². The number of aromatic carboxylic acids is 1. The first-order valence-electron chi connectivity index (χ1n) is 8.28. The van der Waals surface area contributed by atoms with Gasteiger partial charge in [0.05, 0.1) is 18.8 Å². The number of carboxylic acids is 1. The lowest BCUT2D eigenvalue weighted by molar-refractivity contribution is 0.0366. The minimum absolute atomic E-state index is 0.331. The highest BCUT2D eigenvalue weighted by atomic mass is 16.5. The van der Waals surface area contributed by atoms with Crippen molar-refractivity contribution in [3.8, 4) is 0 Å². The Morgan fingerprint density at radius 3 is 2.54 bits per heavy atom. The zero-order valence-corrected chi connectivity index (χ0v) is 13.4. The molecular weight excluding hydrogens is 304 g/mol. The van der Waals surface area contributed by atoms with Gasteiger partial charge in [0.25, 0.3) is 0 Å². The van der Waals surface area contributed by atoms with Gasteiger partial charge in [-0.2, -0.15) is 0 Å². The zero-order chi connectivity index (χ0) is 16.5. The highest BCUT2D eigenvalue weighted by molar-refractivity contribution is 6.09. The van der Waals surface area contributed by atoms with E-state index in [1.807, 2.05) is 18.2 Å². The van der Waals surface area contributed by atoms with Crippen LogP contribution >= 0.6 is 0 Å². The van der Waals surface area contributed by atoms with Crippen LogP contribution in [0, 0.1) is 0 Å². The maximum absolute atomic E-state index is 11.3. The van der Waals surface area contributed by atoms with Gasteiger partial charge in [-0.25, -0.2) is 4.79 Å². The molecule has 1 aliphatic rings. The quantitative estimate of drug-likeness (QED) is 0.802. The van der Waals surface area contributed by atoms with Crippen LogP contribution in [0.4, 0.5) is 0 Å². The molecule has 1 fully saturated rings. The van der Waals surface area contributed by atoms with Crippen LogP contribution < -0.4 is 0 Å². The van der Waals surface area contributed by atoms with Crippen LogP contribution in [0.2, 0.25) is 0 Å². The Bertz CT molecular complexity index is 894. The lowest BCUT2D eigenvalue weighted by Crippen LogP contribution is -2.38. The Kier molecular flexibility index (Phi) is 3.96. The van der Waals surface area contributed by atoms with Crippen molar-refractivity contribution in [1.29, 1.82) is 0 Å². The molecule has 1 saturated heterocycles. The molecular formula is C19H20N2O3. The molecule has 2 aromatic carbocycles. The van der Waals surface area contributed by atoms with E-state index in [0.717, 1.165) is 55.8 Å². The largest absolute Gasteiger partial charge is 0.478 e. The molecule has 0 bridgehead atoms. The molecule has 0 atom stereocenters. The number of carboxylic acid groups (broad SMARTS) is 1. The third kappa shape index (κ3) is 2.66. The lowest BCUT2D eigenvalue weighted by Gasteiger charge is -2.26. The van der Waals surface area contributed by atoms with Gasteiger partial charge in [-0.3, -0.25) is 4.90 Å². The van der Waals surface area contributed by atoms with Crippen molar-refractivity contribution in [2.24, 2.45) is 0 Å². The fourth-order valence-electron chi connectivity index (χ4n) is 3.49. The number of para-hydroxylation sites is 1. The maximum Gasteiger partial charge on any atom is 0.335 e. The first kappa shape index (κ1) is 15.2. The Hall–Kier alpha value is -2.37. The molecule has 1 aromatic heterocycles. The number of morpholine rings is 1. The summed E-state index contributed by atoms with van der Waals surface area (Å²) in [5, 5.41) is 11.6. The van der Waals surface area contributed by atoms with Crippen LogP contribution in [0.25, 0.3) is 21.8 Å². The second-order valence-corrected chi connectivity index (χ2v) is 6.16. The van der Waals surface area contributed by atoms with E-state index < -0.39 is 5.97 Å². The molecule has 1 N–H and O–H groups in total. The summed E-state index contributed by atoms with van der Waals surface area (Å²) in [6.07, 6.45) is 0. The van der Waals surface area contributed by atoms with Crippen molar-refractivity contribution in [2.45, 2.75) is 6.54 Å². The van der Waals surface area contributed by atoms with E-state index in [1.165, 1.54) is 5.39 Å². The standard InChI is InChI=1S/C19H20N2O3/c22-19(23)14-5-6-16-15-3-1-2-4-17(15)21(18(16)13-14)8-7-20-9-11-24-12-10-20/h1-6,13H,7-12H2,(H,22,23). The number of benzene rings is 2. The first-order chi connectivity index (χ1) is 11.7. The van der Waals surface area contributed by atoms with Gasteiger partial charge in [-0.1, -0.05) is 24.3 Å². The van der Waals surface area contributed by atoms with Gasteiger partial charge in [0.15, 0.2) is 0 Å². The second-order valence-electron chi connectivity index (χ2n) is 6.16. The SMILES string of the molecule is O=C(O)c1ccc2c3ccccc3n(CCN3CCOCC3)c2c1. The summed E-state index contributed by atoms with van der Waals surface area (Å²) in [5.74, 6) is -0.887. The number of hydrogen-bond acceptors (Lipinski definition) is 3. The first-order valence-corrected chi connectivity index (χ1v) is 8.28. The number of fused-ring (bicyclic) bond motifs is 3. The molecule has 3 aromatic rings. The van der Waals surface area contributed by atoms with E-state index in [-0.39, 0.29) is 0 Å². The van der Waals surface area contributed by atoms with Gasteiger partial charge < -0.3 is 14.4 Å². The molecule has 24 heavy (non-hydrogen) atoms. The Morgan fingerprint density at radius 2 is 1.75 bits per heavy atom. The monoisotopic (exact) mass is 324 g/mol. The number of ether oxygens (including phenoxy) is 1. The van der Waals surface area contributed by atoms with Crippen LogP contribution in [0.3, 0.4) is 0 Å². The van der Waals surface area contributed by atoms with E-state index in [2.05, 4.69) is 21.6 Å². The molecule has 0 amide bonds. The maximum atomic E-state index is 11.3. The van der Waals surface area contributed by atoms with Crippen molar-refractivity contribution in [3.05, 3.63) is 48.0 Å². The van der Waals surface area contributed by atoms with Crippen molar-refractivity contribution < 1.29 is 14.6 Å². The number of aromatic nitrogens is 1. The lowest BCUT2D eigenvalue weighted by atomic mass is 10.1. The van der Waals surface area contributed by atoms with Gasteiger partial charge in [0.1, 0.15) is 0 Å². The summed E-state index contributed by atoms with van der Waals surface area (Å²) >= 11 is 0. The van der Waals surface area contributed by atoms with Crippen molar-refractivity contribution in [1.82, 2.24) is 9.47 Å². The number of hydrogen-bond donors (Lipinski definition) is 1. The molecule has 5 nitrogen and oxygen atoms in total. The number of nitrogens with zero attached hydrogens (tertiary/aromatic N) is 2. The van der Waals surface area contributed by atoms with Crippen LogP contribution in [0.5, 0.6) is 0 Å². The van der Waals surface area contributed by atoms with E-state index >= 15 is 0 Å². The summed E-state index contributed by atoms with van der Waals surface area (Å²) in [5.41, 5.74) is 2.48. The minimum Gasteiger partial charge on any atom is -0.478 e. The molecule has 0 spiro atoms. The molecule has 0 aliphatic carbocycles. The predicted molar refractivity (Wildman–Crippen MR) is 93.7 cm³/mol. The molecule has 0 saturated carbocycles. The topological polar surface area (TPSA) is 54.7 Å². The molecule has 5 heteroatoms. The molecule has 0 radical (unpaired) electrons. The van der Waals surface area contributed by atoms with E-state index in [0.29, 0.717) is 5.56 Å². The van der Waals surface area contributed by atoms with E-state index in [4.69, 9.17) is 4.74 Å². The fraction of sp³-hybridized carbons (Fsp3) is 0.316. The van der Waals surface area contributed by atoms with Gasteiger partial charge >= 0.3 is 5.97 Å². The Balaban J connectivity index is 1.77.